The maximum Gasteiger partial charge on any atom is 0.231 e. The Bertz CT molecular complexity index is 1190. The van der Waals surface area contributed by atoms with Gasteiger partial charge in [0, 0.05) is 37.6 Å². The number of fused-ring (bicyclic) bond motifs is 1. The summed E-state index contributed by atoms with van der Waals surface area (Å²) in [5.74, 6) is 0.108. The van der Waals surface area contributed by atoms with Gasteiger partial charge in [-0.15, -0.1) is 0 Å². The summed E-state index contributed by atoms with van der Waals surface area (Å²) >= 11 is 0. The van der Waals surface area contributed by atoms with E-state index in [1.54, 1.807) is 4.31 Å². The Kier molecular flexibility index (Phi) is 7.29. The van der Waals surface area contributed by atoms with Gasteiger partial charge in [-0.25, -0.2) is 8.42 Å². The maximum atomic E-state index is 13.7. The second-order valence-corrected chi connectivity index (χ2v) is 12.9. The number of likely N-dealkylation sites (N-methyl/N-ethyl adjacent to an activating group) is 1. The third kappa shape index (κ3) is 4.42. The molecule has 0 spiro atoms. The van der Waals surface area contributed by atoms with E-state index in [4.69, 9.17) is 0 Å². The molecule has 4 unspecified atom stereocenters. The molecule has 0 saturated carbocycles. The van der Waals surface area contributed by atoms with Gasteiger partial charge in [-0.05, 0) is 75.0 Å². The van der Waals surface area contributed by atoms with Gasteiger partial charge in [0.25, 0.3) is 0 Å². The highest BCUT2D eigenvalue weighted by Crippen LogP contribution is 2.43. The van der Waals surface area contributed by atoms with Crippen LogP contribution in [0.25, 0.3) is 11.1 Å². The van der Waals surface area contributed by atoms with Crippen molar-refractivity contribution in [2.24, 2.45) is 0 Å². The molecule has 0 radical (unpaired) electrons. The maximum absolute atomic E-state index is 13.7. The molecule has 0 aromatic heterocycles. The van der Waals surface area contributed by atoms with Crippen molar-refractivity contribution >= 4 is 10.0 Å². The third-order valence-corrected chi connectivity index (χ3v) is 11.1. The number of nitrogens with zero attached hydrogens (tertiary/aromatic N) is 3. The molecule has 0 aliphatic carbocycles. The smallest absolute Gasteiger partial charge is 0.231 e. The molecule has 2 aromatic rings. The van der Waals surface area contributed by atoms with Gasteiger partial charge in [0.15, 0.2) is 0 Å². The van der Waals surface area contributed by atoms with Crippen molar-refractivity contribution in [3.05, 3.63) is 59.2 Å². The average Bonchev–Trinajstić information content (AvgIpc) is 3.19. The van der Waals surface area contributed by atoms with Gasteiger partial charge in [-0.2, -0.15) is 4.31 Å². The highest BCUT2D eigenvalue weighted by atomic mass is 32.2. The molecule has 36 heavy (non-hydrogen) atoms. The number of benzene rings is 2. The second kappa shape index (κ2) is 10.2. The summed E-state index contributed by atoms with van der Waals surface area (Å²) in [5.41, 5.74) is 6.16. The fraction of sp³-hybridized carbons (Fsp3) is 0.571. The zero-order valence-electron chi connectivity index (χ0n) is 21.9. The van der Waals surface area contributed by atoms with E-state index in [0.29, 0.717) is 19.6 Å². The highest BCUT2D eigenvalue weighted by molar-refractivity contribution is 7.89. The lowest BCUT2D eigenvalue weighted by Gasteiger charge is -2.57. The molecule has 3 aliphatic heterocycles. The first-order chi connectivity index (χ1) is 17.2. The number of aryl methyl sites for hydroxylation is 1. The van der Waals surface area contributed by atoms with Crippen molar-refractivity contribution in [2.45, 2.75) is 63.2 Å². The molecule has 5 atom stereocenters. The Balaban J connectivity index is 1.41. The highest BCUT2D eigenvalue weighted by Gasteiger charge is 2.51. The lowest BCUT2D eigenvalue weighted by molar-refractivity contribution is -0.0555. The summed E-state index contributed by atoms with van der Waals surface area (Å²) in [5, 5.41) is 13.0. The van der Waals surface area contributed by atoms with Crippen LogP contribution in [0.4, 0.5) is 0 Å². The van der Waals surface area contributed by atoms with Crippen LogP contribution in [0.3, 0.4) is 0 Å². The number of rotatable bonds is 5. The Hall–Kier alpha value is -1.81. The van der Waals surface area contributed by atoms with Crippen LogP contribution in [-0.2, 0) is 10.0 Å². The monoisotopic (exact) mass is 512 g/mol. The summed E-state index contributed by atoms with van der Waals surface area (Å²) in [6.45, 7) is 8.77. The van der Waals surface area contributed by atoms with E-state index in [1.807, 2.05) is 18.9 Å². The quantitative estimate of drug-likeness (QED) is 0.642. The van der Waals surface area contributed by atoms with E-state index in [2.05, 4.69) is 66.5 Å². The first kappa shape index (κ1) is 25.8. The Labute approximate surface area is 216 Å². The van der Waals surface area contributed by atoms with Crippen molar-refractivity contribution in [3.8, 4) is 11.1 Å². The first-order valence-electron chi connectivity index (χ1n) is 13.2. The summed E-state index contributed by atoms with van der Waals surface area (Å²) < 4.78 is 29.2. The molecule has 3 aliphatic rings. The number of aliphatic hydroxyl groups excluding tert-OH is 1. The number of nitrogens with one attached hydrogen (secondary N) is 1. The Morgan fingerprint density at radius 2 is 1.78 bits per heavy atom. The number of aliphatic hydroxyl groups is 1. The van der Waals surface area contributed by atoms with Gasteiger partial charge in [0.2, 0.25) is 10.0 Å². The normalized spacial score (nSPS) is 30.4. The number of sulfonamides is 1. The van der Waals surface area contributed by atoms with E-state index >= 15 is 0 Å². The van der Waals surface area contributed by atoms with Crippen LogP contribution in [0.1, 0.15) is 42.4 Å². The van der Waals surface area contributed by atoms with Crippen molar-refractivity contribution < 1.29 is 13.5 Å². The molecule has 0 bridgehead atoms. The summed E-state index contributed by atoms with van der Waals surface area (Å²) in [6, 6.07) is 15.2. The van der Waals surface area contributed by atoms with E-state index in [-0.39, 0.29) is 30.8 Å². The molecule has 3 fully saturated rings. The molecule has 196 valence electrons. The van der Waals surface area contributed by atoms with Crippen LogP contribution >= 0.6 is 0 Å². The Morgan fingerprint density at radius 3 is 2.44 bits per heavy atom. The molecular formula is C28H40N4O3S. The predicted octanol–water partition coefficient (Wildman–Crippen LogP) is 2.73. The molecule has 3 saturated heterocycles. The minimum absolute atomic E-state index is 0.0278. The lowest BCUT2D eigenvalue weighted by Crippen LogP contribution is -2.68. The molecule has 8 heteroatoms. The minimum atomic E-state index is -3.48. The van der Waals surface area contributed by atoms with Gasteiger partial charge < -0.3 is 5.11 Å². The SMILES string of the molecule is Cc1cccc(-c2ccc([C@@H]3C(CO)N4CCCCN(S(=O)(=O)C5CNC(C)N5C)CC34)cc2)c1C. The van der Waals surface area contributed by atoms with Gasteiger partial charge >= 0.3 is 0 Å². The molecule has 3 heterocycles. The van der Waals surface area contributed by atoms with Crippen molar-refractivity contribution in [1.82, 2.24) is 19.4 Å². The number of hydrogen-bond acceptors (Lipinski definition) is 6. The van der Waals surface area contributed by atoms with Crippen LogP contribution in [-0.4, -0.2) is 91.1 Å². The van der Waals surface area contributed by atoms with Crippen molar-refractivity contribution in [2.75, 3.05) is 39.8 Å². The number of hydrogen-bond donors (Lipinski definition) is 2. The van der Waals surface area contributed by atoms with E-state index in [9.17, 15) is 13.5 Å². The van der Waals surface area contributed by atoms with Crippen LogP contribution in [0.2, 0.25) is 0 Å². The lowest BCUT2D eigenvalue weighted by atomic mass is 9.74. The molecule has 7 nitrogen and oxygen atoms in total. The summed E-state index contributed by atoms with van der Waals surface area (Å²) in [4.78, 5) is 4.26. The van der Waals surface area contributed by atoms with E-state index in [0.717, 1.165) is 19.4 Å². The van der Waals surface area contributed by atoms with Gasteiger partial charge in [-0.1, -0.05) is 42.5 Å². The fourth-order valence-corrected chi connectivity index (χ4v) is 8.38. The third-order valence-electron chi connectivity index (χ3n) is 8.90. The average molecular weight is 513 g/mol. The van der Waals surface area contributed by atoms with E-state index in [1.165, 1.54) is 27.8 Å². The molecule has 0 amide bonds. The van der Waals surface area contributed by atoms with Gasteiger partial charge in [-0.3, -0.25) is 15.1 Å². The molecule has 2 N–H and O–H groups in total. The van der Waals surface area contributed by atoms with Crippen molar-refractivity contribution in [3.63, 3.8) is 0 Å². The van der Waals surface area contributed by atoms with E-state index < -0.39 is 15.4 Å². The minimum Gasteiger partial charge on any atom is -0.395 e. The zero-order chi connectivity index (χ0) is 25.6. The standard InChI is InChI=1S/C28H40N4O3S/c1-19-8-7-9-24(20(19)2)22-10-12-23(13-11-22)28-25-17-31(14-5-6-15-32(25)26(28)18-33)36(34,35)27-16-29-21(3)30(27)4/h7-13,21,25-29,33H,5-6,14-18H2,1-4H3/t21?,25?,26?,27?,28-/m0/s1. The molecule has 5 rings (SSSR count). The summed E-state index contributed by atoms with van der Waals surface area (Å²) in [6.07, 6.45) is 1.82. The van der Waals surface area contributed by atoms with Crippen LogP contribution < -0.4 is 5.32 Å². The van der Waals surface area contributed by atoms with Crippen LogP contribution in [0.15, 0.2) is 42.5 Å². The molecular weight excluding hydrogens is 472 g/mol. The fourth-order valence-electron chi connectivity index (χ4n) is 6.38. The van der Waals surface area contributed by atoms with Gasteiger partial charge in [0.1, 0.15) is 5.37 Å². The molecule has 2 aromatic carbocycles. The van der Waals surface area contributed by atoms with Crippen LogP contribution in [0, 0.1) is 13.8 Å². The van der Waals surface area contributed by atoms with Crippen molar-refractivity contribution in [1.29, 1.82) is 0 Å². The largest absolute Gasteiger partial charge is 0.395 e. The van der Waals surface area contributed by atoms with Gasteiger partial charge in [0.05, 0.1) is 12.8 Å². The second-order valence-electron chi connectivity index (χ2n) is 10.8. The predicted molar refractivity (Wildman–Crippen MR) is 144 cm³/mol. The topological polar surface area (TPSA) is 76.1 Å². The Morgan fingerprint density at radius 1 is 1.06 bits per heavy atom. The first-order valence-corrected chi connectivity index (χ1v) is 14.7. The summed E-state index contributed by atoms with van der Waals surface area (Å²) in [7, 11) is -1.60. The zero-order valence-corrected chi connectivity index (χ0v) is 22.7. The van der Waals surface area contributed by atoms with Crippen LogP contribution in [0.5, 0.6) is 0 Å².